The zero-order chi connectivity index (χ0) is 11.9. The Hall–Kier alpha value is -0.890. The molecule has 2 N–H and O–H groups in total. The monoisotopic (exact) mass is 236 g/mol. The molecule has 1 saturated carbocycles. The lowest BCUT2D eigenvalue weighted by Gasteiger charge is -2.18. The van der Waals surface area contributed by atoms with E-state index in [0.717, 1.165) is 12.6 Å². The minimum absolute atomic E-state index is 0.139. The largest absolute Gasteiger partial charge is 0.340 e. The van der Waals surface area contributed by atoms with Crippen molar-refractivity contribution in [2.45, 2.75) is 57.5 Å². The van der Waals surface area contributed by atoms with Crippen molar-refractivity contribution in [2.75, 3.05) is 0 Å². The Labute approximate surface area is 103 Å². The van der Waals surface area contributed by atoms with Gasteiger partial charge in [0.25, 0.3) is 0 Å². The average molecular weight is 236 g/mol. The molecule has 1 nitrogen and oxygen atoms in total. The van der Waals surface area contributed by atoms with Gasteiger partial charge in [0.2, 0.25) is 0 Å². The first-order valence-corrected chi connectivity index (χ1v) is 6.92. The first-order valence-electron chi connectivity index (χ1n) is 6.92. The zero-order valence-electron chi connectivity index (χ0n) is 10.5. The normalized spacial score (nSPS) is 18.6. The Kier molecular flexibility index (Phi) is 4.99. The second kappa shape index (κ2) is 6.75. The third-order valence-corrected chi connectivity index (χ3v) is 3.75. The van der Waals surface area contributed by atoms with Crippen molar-refractivity contribution in [1.29, 1.82) is 0 Å². The predicted octanol–water partition coefficient (Wildman–Crippen LogP) is 3.00. The zero-order valence-corrected chi connectivity index (χ0v) is 10.5. The third-order valence-electron chi connectivity index (χ3n) is 3.75. The molecule has 1 aromatic rings. The number of quaternary nitrogens is 1. The van der Waals surface area contributed by atoms with Gasteiger partial charge in [0.15, 0.2) is 0 Å². The average Bonchev–Trinajstić information content (AvgIpc) is 2.30. The summed E-state index contributed by atoms with van der Waals surface area (Å²) in [6.45, 7) is 0.991. The molecule has 1 aromatic carbocycles. The van der Waals surface area contributed by atoms with Crippen LogP contribution in [-0.4, -0.2) is 6.04 Å². The van der Waals surface area contributed by atoms with Gasteiger partial charge in [0, 0.05) is 5.56 Å². The standard InChI is InChI=1S/C15H22FN/c16-14-10-8-13(9-11-14)12-17-15-6-4-2-1-3-5-7-15/h8-11,15,17H,1-7,12H2/p+1. The van der Waals surface area contributed by atoms with Crippen LogP contribution in [0.5, 0.6) is 0 Å². The van der Waals surface area contributed by atoms with Gasteiger partial charge in [-0.15, -0.1) is 0 Å². The van der Waals surface area contributed by atoms with E-state index in [0.29, 0.717) is 0 Å². The van der Waals surface area contributed by atoms with E-state index in [1.165, 1.54) is 50.5 Å². The Morgan fingerprint density at radius 2 is 1.53 bits per heavy atom. The maximum absolute atomic E-state index is 12.8. The van der Waals surface area contributed by atoms with Crippen LogP contribution >= 0.6 is 0 Å². The topological polar surface area (TPSA) is 16.6 Å². The third kappa shape index (κ3) is 4.47. The highest BCUT2D eigenvalue weighted by Gasteiger charge is 2.13. The van der Waals surface area contributed by atoms with Gasteiger partial charge in [0.1, 0.15) is 12.4 Å². The van der Waals surface area contributed by atoms with E-state index in [1.54, 1.807) is 12.1 Å². The smallest absolute Gasteiger partial charge is 0.123 e. The Balaban J connectivity index is 1.77. The minimum Gasteiger partial charge on any atom is -0.340 e. The molecule has 0 spiro atoms. The van der Waals surface area contributed by atoms with Crippen LogP contribution < -0.4 is 5.32 Å². The Morgan fingerprint density at radius 1 is 0.941 bits per heavy atom. The molecule has 0 heterocycles. The van der Waals surface area contributed by atoms with E-state index in [4.69, 9.17) is 0 Å². The van der Waals surface area contributed by atoms with Gasteiger partial charge in [-0.05, 0) is 37.8 Å². The Morgan fingerprint density at radius 3 is 2.18 bits per heavy atom. The summed E-state index contributed by atoms with van der Waals surface area (Å²) >= 11 is 0. The van der Waals surface area contributed by atoms with E-state index in [9.17, 15) is 4.39 Å². The number of nitrogens with two attached hydrogens (primary N) is 1. The number of hydrogen-bond acceptors (Lipinski definition) is 0. The molecule has 94 valence electrons. The van der Waals surface area contributed by atoms with E-state index in [-0.39, 0.29) is 5.82 Å². The van der Waals surface area contributed by atoms with E-state index in [1.807, 2.05) is 12.1 Å². The molecule has 0 amide bonds. The highest BCUT2D eigenvalue weighted by Crippen LogP contribution is 2.15. The van der Waals surface area contributed by atoms with Gasteiger partial charge in [-0.3, -0.25) is 0 Å². The predicted molar refractivity (Wildman–Crippen MR) is 68.1 cm³/mol. The number of halogens is 1. The molecular formula is C15H23FN+. The van der Waals surface area contributed by atoms with Crippen molar-refractivity contribution >= 4 is 0 Å². The van der Waals surface area contributed by atoms with Gasteiger partial charge in [-0.25, -0.2) is 4.39 Å². The lowest BCUT2D eigenvalue weighted by atomic mass is 9.96. The Bertz CT molecular complexity index is 312. The summed E-state index contributed by atoms with van der Waals surface area (Å²) in [5, 5.41) is 2.44. The second-order valence-electron chi connectivity index (χ2n) is 5.17. The van der Waals surface area contributed by atoms with Crippen LogP contribution in [0.15, 0.2) is 24.3 Å². The molecule has 17 heavy (non-hydrogen) atoms. The highest BCUT2D eigenvalue weighted by atomic mass is 19.1. The van der Waals surface area contributed by atoms with Crippen molar-refractivity contribution in [2.24, 2.45) is 0 Å². The summed E-state index contributed by atoms with van der Waals surface area (Å²) in [6.07, 6.45) is 9.68. The maximum atomic E-state index is 12.8. The number of hydrogen-bond donors (Lipinski definition) is 1. The van der Waals surface area contributed by atoms with Crippen LogP contribution in [0.4, 0.5) is 4.39 Å². The van der Waals surface area contributed by atoms with Crippen LogP contribution in [0.25, 0.3) is 0 Å². The van der Waals surface area contributed by atoms with Gasteiger partial charge in [-0.2, -0.15) is 0 Å². The summed E-state index contributed by atoms with van der Waals surface area (Å²) in [5.41, 5.74) is 1.23. The molecule has 0 radical (unpaired) electrons. The van der Waals surface area contributed by atoms with Gasteiger partial charge in [0.05, 0.1) is 6.04 Å². The first-order chi connectivity index (χ1) is 8.34. The fourth-order valence-corrected chi connectivity index (χ4v) is 2.65. The SMILES string of the molecule is Fc1ccc(C[NH2+]C2CCCCCCC2)cc1. The van der Waals surface area contributed by atoms with Crippen LogP contribution in [0, 0.1) is 5.82 Å². The van der Waals surface area contributed by atoms with Gasteiger partial charge >= 0.3 is 0 Å². The van der Waals surface area contributed by atoms with Crippen LogP contribution in [0.1, 0.15) is 50.5 Å². The molecule has 1 fully saturated rings. The number of benzene rings is 1. The fourth-order valence-electron chi connectivity index (χ4n) is 2.65. The molecule has 0 aromatic heterocycles. The lowest BCUT2D eigenvalue weighted by molar-refractivity contribution is -0.706. The van der Waals surface area contributed by atoms with Gasteiger partial charge < -0.3 is 5.32 Å². The van der Waals surface area contributed by atoms with Crippen LogP contribution in [0.3, 0.4) is 0 Å². The van der Waals surface area contributed by atoms with Crippen LogP contribution in [-0.2, 0) is 6.54 Å². The second-order valence-corrected chi connectivity index (χ2v) is 5.17. The summed E-state index contributed by atoms with van der Waals surface area (Å²) in [4.78, 5) is 0. The summed E-state index contributed by atoms with van der Waals surface area (Å²) in [6, 6.07) is 7.69. The summed E-state index contributed by atoms with van der Waals surface area (Å²) < 4.78 is 12.8. The molecule has 0 bridgehead atoms. The molecular weight excluding hydrogens is 213 g/mol. The van der Waals surface area contributed by atoms with E-state index >= 15 is 0 Å². The number of rotatable bonds is 3. The summed E-state index contributed by atoms with van der Waals surface area (Å²) in [7, 11) is 0. The quantitative estimate of drug-likeness (QED) is 0.831. The van der Waals surface area contributed by atoms with Crippen molar-refractivity contribution < 1.29 is 9.71 Å². The van der Waals surface area contributed by atoms with Gasteiger partial charge in [-0.1, -0.05) is 31.4 Å². The molecule has 2 heteroatoms. The molecule has 2 rings (SSSR count). The maximum Gasteiger partial charge on any atom is 0.123 e. The molecule has 0 atom stereocenters. The molecule has 1 aliphatic carbocycles. The van der Waals surface area contributed by atoms with Crippen LogP contribution in [0.2, 0.25) is 0 Å². The lowest BCUT2D eigenvalue weighted by Crippen LogP contribution is -2.88. The van der Waals surface area contributed by atoms with E-state index in [2.05, 4.69) is 5.32 Å². The van der Waals surface area contributed by atoms with Crippen molar-refractivity contribution in [1.82, 2.24) is 0 Å². The fraction of sp³-hybridized carbons (Fsp3) is 0.600. The molecule has 1 aliphatic rings. The first kappa shape index (κ1) is 12.6. The minimum atomic E-state index is -0.139. The molecule has 0 unspecified atom stereocenters. The summed E-state index contributed by atoms with van der Waals surface area (Å²) in [5.74, 6) is -0.139. The van der Waals surface area contributed by atoms with E-state index < -0.39 is 0 Å². The molecule has 0 aliphatic heterocycles. The van der Waals surface area contributed by atoms with Crippen molar-refractivity contribution in [3.05, 3.63) is 35.6 Å². The highest BCUT2D eigenvalue weighted by molar-refractivity contribution is 5.14. The van der Waals surface area contributed by atoms with Crippen molar-refractivity contribution in [3.63, 3.8) is 0 Å². The molecule has 0 saturated heterocycles. The van der Waals surface area contributed by atoms with Crippen molar-refractivity contribution in [3.8, 4) is 0 Å².